The van der Waals surface area contributed by atoms with Gasteiger partial charge in [0.15, 0.2) is 0 Å². The van der Waals surface area contributed by atoms with Crippen molar-refractivity contribution in [2.45, 2.75) is 18.7 Å². The van der Waals surface area contributed by atoms with Crippen molar-refractivity contribution in [3.8, 4) is 0 Å². The fourth-order valence-electron chi connectivity index (χ4n) is 2.33. The van der Waals surface area contributed by atoms with Gasteiger partial charge in [-0.05, 0) is 49.7 Å². The van der Waals surface area contributed by atoms with E-state index in [1.54, 1.807) is 44.1 Å². The maximum absolute atomic E-state index is 12.0. The Kier molecular flexibility index (Phi) is 7.09. The molecule has 138 valence electrons. The van der Waals surface area contributed by atoms with Crippen LogP contribution in [-0.4, -0.2) is 43.2 Å². The standard InChI is InChI=1S/C20H25N3O2S/c1-14-5-8-17(9-6-14)26-12-11-21-20(25)22-18-10-7-16(13-15(18)2)19(24)23(3)4/h5-10,13H,11-12H2,1-4H3,(H2,21,22,25). The van der Waals surface area contributed by atoms with E-state index in [1.165, 1.54) is 15.4 Å². The van der Waals surface area contributed by atoms with Gasteiger partial charge in [0.25, 0.3) is 5.91 Å². The first-order chi connectivity index (χ1) is 12.4. The third kappa shape index (κ3) is 5.81. The summed E-state index contributed by atoms with van der Waals surface area (Å²) in [6.07, 6.45) is 0. The van der Waals surface area contributed by atoms with Gasteiger partial charge in [0.05, 0.1) is 0 Å². The fourth-order valence-corrected chi connectivity index (χ4v) is 3.10. The van der Waals surface area contributed by atoms with Gasteiger partial charge in [0.1, 0.15) is 0 Å². The molecule has 0 spiro atoms. The molecule has 2 aromatic carbocycles. The van der Waals surface area contributed by atoms with E-state index in [0.717, 1.165) is 11.3 Å². The summed E-state index contributed by atoms with van der Waals surface area (Å²) in [5.74, 6) is 0.739. The number of anilines is 1. The smallest absolute Gasteiger partial charge is 0.319 e. The summed E-state index contributed by atoms with van der Waals surface area (Å²) < 4.78 is 0. The van der Waals surface area contributed by atoms with E-state index < -0.39 is 0 Å². The van der Waals surface area contributed by atoms with Gasteiger partial charge >= 0.3 is 6.03 Å². The summed E-state index contributed by atoms with van der Waals surface area (Å²) in [5.41, 5.74) is 3.39. The number of rotatable bonds is 6. The van der Waals surface area contributed by atoms with Gasteiger partial charge in [-0.25, -0.2) is 4.79 Å². The van der Waals surface area contributed by atoms with Gasteiger partial charge in [0.2, 0.25) is 0 Å². The van der Waals surface area contributed by atoms with E-state index in [2.05, 4.69) is 41.8 Å². The average Bonchev–Trinajstić information content (AvgIpc) is 2.61. The molecule has 26 heavy (non-hydrogen) atoms. The molecule has 0 fully saturated rings. The van der Waals surface area contributed by atoms with Crippen LogP contribution in [0.4, 0.5) is 10.5 Å². The molecule has 3 amide bonds. The first kappa shape index (κ1) is 19.8. The second-order valence-corrected chi connectivity index (χ2v) is 7.44. The minimum absolute atomic E-state index is 0.0581. The van der Waals surface area contributed by atoms with Crippen molar-refractivity contribution in [2.75, 3.05) is 31.7 Å². The molecule has 0 aromatic heterocycles. The highest BCUT2D eigenvalue weighted by molar-refractivity contribution is 7.99. The minimum atomic E-state index is -0.246. The van der Waals surface area contributed by atoms with Crippen molar-refractivity contribution in [1.29, 1.82) is 0 Å². The van der Waals surface area contributed by atoms with Gasteiger partial charge in [-0.1, -0.05) is 17.7 Å². The van der Waals surface area contributed by atoms with Crippen LogP contribution in [0.5, 0.6) is 0 Å². The number of carbonyl (C=O) groups excluding carboxylic acids is 2. The number of aryl methyl sites for hydroxylation is 2. The topological polar surface area (TPSA) is 61.4 Å². The molecule has 2 aromatic rings. The Morgan fingerprint density at radius 3 is 2.35 bits per heavy atom. The highest BCUT2D eigenvalue weighted by atomic mass is 32.2. The first-order valence-corrected chi connectivity index (χ1v) is 9.42. The molecule has 0 aliphatic heterocycles. The second-order valence-electron chi connectivity index (χ2n) is 6.27. The molecule has 0 bridgehead atoms. The normalized spacial score (nSPS) is 10.3. The van der Waals surface area contributed by atoms with Crippen LogP contribution in [-0.2, 0) is 0 Å². The molecule has 5 nitrogen and oxygen atoms in total. The molecule has 6 heteroatoms. The van der Waals surface area contributed by atoms with Gasteiger partial charge < -0.3 is 15.5 Å². The molecule has 0 heterocycles. The maximum Gasteiger partial charge on any atom is 0.319 e. The van der Waals surface area contributed by atoms with E-state index in [0.29, 0.717) is 17.8 Å². The van der Waals surface area contributed by atoms with Gasteiger partial charge in [0, 0.05) is 42.5 Å². The molecule has 2 N–H and O–H groups in total. The Morgan fingerprint density at radius 2 is 1.73 bits per heavy atom. The van der Waals surface area contributed by atoms with Crippen molar-refractivity contribution in [1.82, 2.24) is 10.2 Å². The number of nitrogens with one attached hydrogen (secondary N) is 2. The lowest BCUT2D eigenvalue weighted by molar-refractivity contribution is 0.0827. The highest BCUT2D eigenvalue weighted by Gasteiger charge is 2.10. The second kappa shape index (κ2) is 9.29. The number of hydrogen-bond acceptors (Lipinski definition) is 3. The number of thioether (sulfide) groups is 1. The van der Waals surface area contributed by atoms with Crippen LogP contribution >= 0.6 is 11.8 Å². The van der Waals surface area contributed by atoms with Crippen molar-refractivity contribution in [3.05, 3.63) is 59.2 Å². The molecule has 0 atom stereocenters. The van der Waals surface area contributed by atoms with Crippen LogP contribution in [0.2, 0.25) is 0 Å². The molecular weight excluding hydrogens is 346 g/mol. The molecule has 0 saturated carbocycles. The predicted molar refractivity (Wildman–Crippen MR) is 108 cm³/mol. The summed E-state index contributed by atoms with van der Waals surface area (Å²) in [6.45, 7) is 4.50. The monoisotopic (exact) mass is 371 g/mol. The summed E-state index contributed by atoms with van der Waals surface area (Å²) in [5, 5.41) is 5.68. The molecule has 0 aliphatic carbocycles. The number of urea groups is 1. The zero-order chi connectivity index (χ0) is 19.1. The van der Waals surface area contributed by atoms with Crippen molar-refractivity contribution in [2.24, 2.45) is 0 Å². The lowest BCUT2D eigenvalue weighted by Gasteiger charge is -2.13. The van der Waals surface area contributed by atoms with Crippen LogP contribution < -0.4 is 10.6 Å². The molecule has 0 radical (unpaired) electrons. The van der Waals surface area contributed by atoms with Crippen LogP contribution in [0.3, 0.4) is 0 Å². The van der Waals surface area contributed by atoms with Crippen LogP contribution in [0, 0.1) is 13.8 Å². The Bertz CT molecular complexity index is 773. The SMILES string of the molecule is Cc1ccc(SCCNC(=O)Nc2ccc(C(=O)N(C)C)cc2C)cc1. The van der Waals surface area contributed by atoms with E-state index in [9.17, 15) is 9.59 Å². The lowest BCUT2D eigenvalue weighted by Crippen LogP contribution is -2.30. The Hall–Kier alpha value is -2.47. The summed E-state index contributed by atoms with van der Waals surface area (Å²) >= 11 is 1.70. The summed E-state index contributed by atoms with van der Waals surface area (Å²) in [4.78, 5) is 26.7. The van der Waals surface area contributed by atoms with Crippen LogP contribution in [0.25, 0.3) is 0 Å². The van der Waals surface area contributed by atoms with Crippen molar-refractivity contribution in [3.63, 3.8) is 0 Å². The molecule has 0 aliphatic rings. The van der Waals surface area contributed by atoms with E-state index in [4.69, 9.17) is 0 Å². The molecule has 0 saturated heterocycles. The van der Waals surface area contributed by atoms with Gasteiger partial charge in [-0.15, -0.1) is 11.8 Å². The number of amides is 3. The number of carbonyl (C=O) groups is 2. The Morgan fingerprint density at radius 1 is 1.04 bits per heavy atom. The van der Waals surface area contributed by atoms with E-state index in [1.807, 2.05) is 6.92 Å². The minimum Gasteiger partial charge on any atom is -0.345 e. The van der Waals surface area contributed by atoms with Crippen LogP contribution in [0.1, 0.15) is 21.5 Å². The largest absolute Gasteiger partial charge is 0.345 e. The number of nitrogens with zero attached hydrogens (tertiary/aromatic N) is 1. The molecule has 2 rings (SSSR count). The predicted octanol–water partition coefficient (Wildman–Crippen LogP) is 3.92. The maximum atomic E-state index is 12.0. The van der Waals surface area contributed by atoms with Crippen molar-refractivity contribution >= 4 is 29.4 Å². The first-order valence-electron chi connectivity index (χ1n) is 8.43. The van der Waals surface area contributed by atoms with Gasteiger partial charge in [-0.2, -0.15) is 0 Å². The number of hydrogen-bond donors (Lipinski definition) is 2. The Balaban J connectivity index is 1.80. The third-order valence-corrected chi connectivity index (χ3v) is 4.82. The average molecular weight is 372 g/mol. The zero-order valence-electron chi connectivity index (χ0n) is 15.6. The van der Waals surface area contributed by atoms with Gasteiger partial charge in [-0.3, -0.25) is 4.79 Å². The zero-order valence-corrected chi connectivity index (χ0v) is 16.4. The van der Waals surface area contributed by atoms with E-state index >= 15 is 0 Å². The lowest BCUT2D eigenvalue weighted by atomic mass is 10.1. The van der Waals surface area contributed by atoms with Crippen LogP contribution in [0.15, 0.2) is 47.4 Å². The highest BCUT2D eigenvalue weighted by Crippen LogP contribution is 2.18. The van der Waals surface area contributed by atoms with E-state index in [-0.39, 0.29) is 11.9 Å². The Labute approximate surface area is 159 Å². The fraction of sp³-hybridized carbons (Fsp3) is 0.300. The third-order valence-electron chi connectivity index (χ3n) is 3.81. The summed E-state index contributed by atoms with van der Waals surface area (Å²) in [6, 6.07) is 13.3. The number of benzene rings is 2. The summed E-state index contributed by atoms with van der Waals surface area (Å²) in [7, 11) is 3.43. The molecule has 0 unspecified atom stereocenters. The quantitative estimate of drug-likeness (QED) is 0.598. The molecular formula is C20H25N3O2S. The van der Waals surface area contributed by atoms with Crippen molar-refractivity contribution < 1.29 is 9.59 Å².